The second-order valence-corrected chi connectivity index (χ2v) is 6.16. The van der Waals surface area contributed by atoms with Crippen molar-refractivity contribution >= 4 is 11.8 Å². The highest BCUT2D eigenvalue weighted by Crippen LogP contribution is 2.22. The van der Waals surface area contributed by atoms with Gasteiger partial charge in [0.05, 0.1) is 5.75 Å². The van der Waals surface area contributed by atoms with Crippen molar-refractivity contribution in [1.29, 1.82) is 0 Å². The third-order valence-electron chi connectivity index (χ3n) is 3.20. The molecule has 3 nitrogen and oxygen atoms in total. The van der Waals surface area contributed by atoms with E-state index >= 15 is 0 Å². The van der Waals surface area contributed by atoms with Gasteiger partial charge in [0.25, 0.3) is 0 Å². The van der Waals surface area contributed by atoms with Gasteiger partial charge in [-0.15, -0.1) is 11.8 Å². The van der Waals surface area contributed by atoms with Crippen LogP contribution in [0.3, 0.4) is 0 Å². The third kappa shape index (κ3) is 3.85. The molecule has 0 saturated heterocycles. The first-order valence-electron chi connectivity index (χ1n) is 6.75. The Kier molecular flexibility index (Phi) is 3.89. The maximum atomic E-state index is 4.44. The molecule has 1 saturated carbocycles. The topological polar surface area (TPSA) is 40.7 Å². The third-order valence-corrected chi connectivity index (χ3v) is 4.21. The first-order chi connectivity index (χ1) is 9.29. The number of hydrogen-bond donors (Lipinski definition) is 2. The number of H-pyrrole nitrogens is 1. The number of hydrogen-bond acceptors (Lipinski definition) is 3. The largest absolute Gasteiger partial charge is 0.344 e. The van der Waals surface area contributed by atoms with Gasteiger partial charge in [-0.2, -0.15) is 0 Å². The molecule has 1 aromatic heterocycles. The van der Waals surface area contributed by atoms with Gasteiger partial charge in [-0.25, -0.2) is 4.98 Å². The number of aromatic nitrogens is 2. The SMILES string of the molecule is Cc1cccc(SCc2ncc(CNC3CC3)[nH]2)c1. The van der Waals surface area contributed by atoms with E-state index in [9.17, 15) is 0 Å². The summed E-state index contributed by atoms with van der Waals surface area (Å²) in [5.74, 6) is 1.95. The average Bonchev–Trinajstić information content (AvgIpc) is 3.13. The monoisotopic (exact) mass is 273 g/mol. The van der Waals surface area contributed by atoms with Crippen LogP contribution in [0, 0.1) is 6.92 Å². The smallest absolute Gasteiger partial charge is 0.116 e. The molecule has 2 aromatic rings. The minimum absolute atomic E-state index is 0.744. The number of aromatic amines is 1. The maximum absolute atomic E-state index is 4.44. The molecular weight excluding hydrogens is 254 g/mol. The summed E-state index contributed by atoms with van der Waals surface area (Å²) in [4.78, 5) is 9.12. The van der Waals surface area contributed by atoms with E-state index in [0.717, 1.165) is 24.2 Å². The van der Waals surface area contributed by atoms with Gasteiger partial charge < -0.3 is 10.3 Å². The van der Waals surface area contributed by atoms with Crippen LogP contribution in [0.25, 0.3) is 0 Å². The Morgan fingerprint density at radius 1 is 1.42 bits per heavy atom. The summed E-state index contributed by atoms with van der Waals surface area (Å²) in [7, 11) is 0. The predicted molar refractivity (Wildman–Crippen MR) is 79.2 cm³/mol. The maximum Gasteiger partial charge on any atom is 0.116 e. The molecule has 0 radical (unpaired) electrons. The van der Waals surface area contributed by atoms with Gasteiger partial charge in [0.1, 0.15) is 5.82 Å². The lowest BCUT2D eigenvalue weighted by Gasteiger charge is -2.01. The number of aryl methyl sites for hydroxylation is 1. The molecule has 0 amide bonds. The Balaban J connectivity index is 1.51. The minimum atomic E-state index is 0.744. The summed E-state index contributed by atoms with van der Waals surface area (Å²) < 4.78 is 0. The van der Waals surface area contributed by atoms with Gasteiger partial charge in [0.15, 0.2) is 0 Å². The molecule has 1 heterocycles. The van der Waals surface area contributed by atoms with E-state index in [1.54, 1.807) is 0 Å². The molecule has 4 heteroatoms. The highest BCUT2D eigenvalue weighted by molar-refractivity contribution is 7.98. The highest BCUT2D eigenvalue weighted by atomic mass is 32.2. The van der Waals surface area contributed by atoms with E-state index in [0.29, 0.717) is 0 Å². The summed E-state index contributed by atoms with van der Waals surface area (Å²) in [6, 6.07) is 9.33. The van der Waals surface area contributed by atoms with Crippen LogP contribution < -0.4 is 5.32 Å². The second kappa shape index (κ2) is 5.80. The molecule has 1 aromatic carbocycles. The second-order valence-electron chi connectivity index (χ2n) is 5.12. The Hall–Kier alpha value is -1.26. The minimum Gasteiger partial charge on any atom is -0.344 e. The molecule has 3 rings (SSSR count). The molecule has 0 spiro atoms. The number of imidazole rings is 1. The normalized spacial score (nSPS) is 14.8. The number of nitrogens with one attached hydrogen (secondary N) is 2. The van der Waals surface area contributed by atoms with Crippen molar-refractivity contribution in [2.24, 2.45) is 0 Å². The molecule has 100 valence electrons. The fraction of sp³-hybridized carbons (Fsp3) is 0.400. The van der Waals surface area contributed by atoms with Gasteiger partial charge in [0.2, 0.25) is 0 Å². The molecule has 0 aliphatic heterocycles. The Morgan fingerprint density at radius 2 is 2.32 bits per heavy atom. The zero-order valence-electron chi connectivity index (χ0n) is 11.1. The van der Waals surface area contributed by atoms with Crippen molar-refractivity contribution in [3.8, 4) is 0 Å². The van der Waals surface area contributed by atoms with Crippen LogP contribution in [0.4, 0.5) is 0 Å². The van der Waals surface area contributed by atoms with Crippen LogP contribution >= 0.6 is 11.8 Å². The van der Waals surface area contributed by atoms with E-state index in [4.69, 9.17) is 0 Å². The Bertz CT molecular complexity index is 546. The number of rotatable bonds is 6. The van der Waals surface area contributed by atoms with Gasteiger partial charge in [-0.3, -0.25) is 0 Å². The van der Waals surface area contributed by atoms with E-state index in [-0.39, 0.29) is 0 Å². The fourth-order valence-electron chi connectivity index (χ4n) is 1.97. The highest BCUT2D eigenvalue weighted by Gasteiger charge is 2.20. The van der Waals surface area contributed by atoms with Crippen LogP contribution in [0.1, 0.15) is 29.9 Å². The van der Waals surface area contributed by atoms with Crippen LogP contribution in [-0.2, 0) is 12.3 Å². The number of thioether (sulfide) groups is 1. The molecule has 0 unspecified atom stereocenters. The standard InChI is InChI=1S/C15H19N3S/c1-11-3-2-4-14(7-11)19-10-15-17-9-13(18-15)8-16-12-5-6-12/h2-4,7,9,12,16H,5-6,8,10H2,1H3,(H,17,18). The molecule has 1 aliphatic rings. The van der Waals surface area contributed by atoms with E-state index in [1.807, 2.05) is 18.0 Å². The predicted octanol–water partition coefficient (Wildman–Crippen LogP) is 3.26. The van der Waals surface area contributed by atoms with Gasteiger partial charge in [0, 0.05) is 29.4 Å². The van der Waals surface area contributed by atoms with Gasteiger partial charge >= 0.3 is 0 Å². The van der Waals surface area contributed by atoms with Crippen molar-refractivity contribution in [1.82, 2.24) is 15.3 Å². The van der Waals surface area contributed by atoms with E-state index in [1.165, 1.54) is 29.0 Å². The Morgan fingerprint density at radius 3 is 3.11 bits per heavy atom. The average molecular weight is 273 g/mol. The zero-order chi connectivity index (χ0) is 13.1. The van der Waals surface area contributed by atoms with Crippen molar-refractivity contribution in [3.63, 3.8) is 0 Å². The summed E-state index contributed by atoms with van der Waals surface area (Å²) in [5.41, 5.74) is 2.49. The lowest BCUT2D eigenvalue weighted by Crippen LogP contribution is -2.15. The number of benzene rings is 1. The lowest BCUT2D eigenvalue weighted by atomic mass is 10.2. The lowest BCUT2D eigenvalue weighted by molar-refractivity contribution is 0.676. The first kappa shape index (κ1) is 12.8. The van der Waals surface area contributed by atoms with Crippen LogP contribution in [0.15, 0.2) is 35.4 Å². The van der Waals surface area contributed by atoms with Crippen molar-refractivity contribution in [3.05, 3.63) is 47.5 Å². The van der Waals surface area contributed by atoms with Crippen LogP contribution in [0.2, 0.25) is 0 Å². The molecule has 2 N–H and O–H groups in total. The molecule has 0 atom stereocenters. The Labute approximate surface area is 118 Å². The quantitative estimate of drug-likeness (QED) is 0.794. The number of nitrogens with zero attached hydrogens (tertiary/aromatic N) is 1. The summed E-state index contributed by atoms with van der Waals surface area (Å²) in [5, 5.41) is 3.49. The van der Waals surface area contributed by atoms with Gasteiger partial charge in [-0.05, 0) is 31.9 Å². The fourth-order valence-corrected chi connectivity index (χ4v) is 2.86. The van der Waals surface area contributed by atoms with Gasteiger partial charge in [-0.1, -0.05) is 17.7 Å². The molecule has 1 aliphatic carbocycles. The summed E-state index contributed by atoms with van der Waals surface area (Å²) >= 11 is 1.82. The first-order valence-corrected chi connectivity index (χ1v) is 7.74. The van der Waals surface area contributed by atoms with Crippen molar-refractivity contribution in [2.45, 2.75) is 43.0 Å². The van der Waals surface area contributed by atoms with Crippen LogP contribution in [0.5, 0.6) is 0 Å². The van der Waals surface area contributed by atoms with Crippen molar-refractivity contribution in [2.75, 3.05) is 0 Å². The molecular formula is C15H19N3S. The summed E-state index contributed by atoms with van der Waals surface area (Å²) in [6.45, 7) is 3.03. The summed E-state index contributed by atoms with van der Waals surface area (Å²) in [6.07, 6.45) is 4.59. The van der Waals surface area contributed by atoms with Crippen LogP contribution in [-0.4, -0.2) is 16.0 Å². The molecule has 19 heavy (non-hydrogen) atoms. The van der Waals surface area contributed by atoms with Crippen molar-refractivity contribution < 1.29 is 0 Å². The molecule has 1 fully saturated rings. The molecule has 0 bridgehead atoms. The zero-order valence-corrected chi connectivity index (χ0v) is 12.0. The van der Waals surface area contributed by atoms with E-state index < -0.39 is 0 Å². The van der Waals surface area contributed by atoms with E-state index in [2.05, 4.69) is 46.5 Å².